The number of aromatic amines is 1. The van der Waals surface area contributed by atoms with E-state index in [0.29, 0.717) is 22.3 Å². The van der Waals surface area contributed by atoms with Crippen molar-refractivity contribution in [3.8, 4) is 11.4 Å². The Balaban J connectivity index is 1.67. The molecule has 4 nitrogen and oxygen atoms in total. The van der Waals surface area contributed by atoms with Crippen LogP contribution in [0.4, 0.5) is 4.39 Å². The summed E-state index contributed by atoms with van der Waals surface area (Å²) in [6, 6.07) is 11.8. The minimum atomic E-state index is -0.311. The van der Waals surface area contributed by atoms with Gasteiger partial charge in [-0.1, -0.05) is 12.5 Å². The van der Waals surface area contributed by atoms with Gasteiger partial charge in [-0.05, 0) is 67.9 Å². The predicted octanol–water partition coefficient (Wildman–Crippen LogP) is 3.72. The lowest BCUT2D eigenvalue weighted by atomic mass is 10.1. The maximum atomic E-state index is 13.1. The molecule has 4 rings (SSSR count). The van der Waals surface area contributed by atoms with Crippen molar-refractivity contribution in [1.29, 1.82) is 0 Å². The quantitative estimate of drug-likeness (QED) is 0.792. The number of aromatic nitrogens is 2. The van der Waals surface area contributed by atoms with Crippen LogP contribution < -0.4 is 5.56 Å². The van der Waals surface area contributed by atoms with Gasteiger partial charge >= 0.3 is 0 Å². The van der Waals surface area contributed by atoms with Crippen molar-refractivity contribution in [3.63, 3.8) is 0 Å². The van der Waals surface area contributed by atoms with Crippen LogP contribution in [0.5, 0.6) is 0 Å². The fourth-order valence-corrected chi connectivity index (χ4v) is 3.40. The van der Waals surface area contributed by atoms with E-state index in [-0.39, 0.29) is 11.4 Å². The molecule has 0 atom stereocenters. The zero-order valence-electron chi connectivity index (χ0n) is 14.0. The minimum Gasteiger partial charge on any atom is -0.306 e. The van der Waals surface area contributed by atoms with Gasteiger partial charge in [0.1, 0.15) is 11.6 Å². The average Bonchev–Trinajstić information content (AvgIpc) is 2.63. The van der Waals surface area contributed by atoms with E-state index in [4.69, 9.17) is 0 Å². The molecule has 2 heterocycles. The van der Waals surface area contributed by atoms with Gasteiger partial charge in [0, 0.05) is 12.1 Å². The summed E-state index contributed by atoms with van der Waals surface area (Å²) in [5.41, 5.74) is 2.32. The second kappa shape index (κ2) is 6.76. The van der Waals surface area contributed by atoms with Gasteiger partial charge in [0.2, 0.25) is 0 Å². The Bertz CT molecular complexity index is 943. The highest BCUT2D eigenvalue weighted by atomic mass is 19.1. The number of rotatable bonds is 3. The summed E-state index contributed by atoms with van der Waals surface area (Å²) in [7, 11) is 0. The van der Waals surface area contributed by atoms with Crippen LogP contribution in [-0.4, -0.2) is 28.0 Å². The first-order valence-corrected chi connectivity index (χ1v) is 8.70. The molecule has 25 heavy (non-hydrogen) atoms. The molecule has 0 amide bonds. The van der Waals surface area contributed by atoms with Crippen LogP contribution in [0, 0.1) is 5.82 Å². The molecule has 128 valence electrons. The van der Waals surface area contributed by atoms with Gasteiger partial charge in [-0.2, -0.15) is 0 Å². The van der Waals surface area contributed by atoms with Crippen LogP contribution in [0.15, 0.2) is 47.3 Å². The average molecular weight is 337 g/mol. The Morgan fingerprint density at radius 2 is 1.80 bits per heavy atom. The maximum Gasteiger partial charge on any atom is 0.259 e. The van der Waals surface area contributed by atoms with E-state index in [1.807, 2.05) is 18.2 Å². The zero-order valence-corrected chi connectivity index (χ0v) is 14.0. The molecule has 1 saturated heterocycles. The van der Waals surface area contributed by atoms with E-state index in [1.165, 1.54) is 31.4 Å². The van der Waals surface area contributed by atoms with Crippen LogP contribution in [0.3, 0.4) is 0 Å². The third kappa shape index (κ3) is 3.46. The van der Waals surface area contributed by atoms with E-state index in [9.17, 15) is 9.18 Å². The van der Waals surface area contributed by atoms with Crippen molar-refractivity contribution >= 4 is 10.9 Å². The highest BCUT2D eigenvalue weighted by Gasteiger charge is 2.12. The number of nitrogens with one attached hydrogen (secondary N) is 1. The van der Waals surface area contributed by atoms with Crippen molar-refractivity contribution in [3.05, 3.63) is 64.2 Å². The highest BCUT2D eigenvalue weighted by molar-refractivity contribution is 5.80. The summed E-state index contributed by atoms with van der Waals surface area (Å²) >= 11 is 0. The summed E-state index contributed by atoms with van der Waals surface area (Å²) in [5.74, 6) is 0.149. The SMILES string of the molecule is O=c1[nH]c(-c2ccc(F)cc2)nc2ccc(CN3CCCCC3)cc12. The lowest BCUT2D eigenvalue weighted by Crippen LogP contribution is -2.29. The van der Waals surface area contributed by atoms with Gasteiger partial charge in [0.15, 0.2) is 0 Å². The Kier molecular flexibility index (Phi) is 4.32. The Hall–Kier alpha value is -2.53. The number of hydrogen-bond acceptors (Lipinski definition) is 3. The lowest BCUT2D eigenvalue weighted by Gasteiger charge is -2.26. The molecule has 0 saturated carbocycles. The lowest BCUT2D eigenvalue weighted by molar-refractivity contribution is 0.221. The summed E-state index contributed by atoms with van der Waals surface area (Å²) in [5, 5.41) is 0.598. The fraction of sp³-hybridized carbons (Fsp3) is 0.300. The second-order valence-corrected chi connectivity index (χ2v) is 6.61. The van der Waals surface area contributed by atoms with Crippen molar-refractivity contribution in [2.75, 3.05) is 13.1 Å². The molecular formula is C20H20FN3O. The molecule has 0 aliphatic carbocycles. The Morgan fingerprint density at radius 3 is 2.56 bits per heavy atom. The number of halogens is 1. The first-order valence-electron chi connectivity index (χ1n) is 8.70. The van der Waals surface area contributed by atoms with Gasteiger partial charge in [0.25, 0.3) is 5.56 Å². The van der Waals surface area contributed by atoms with Gasteiger partial charge in [-0.15, -0.1) is 0 Å². The largest absolute Gasteiger partial charge is 0.306 e. The molecule has 1 aliphatic rings. The predicted molar refractivity (Wildman–Crippen MR) is 96.9 cm³/mol. The molecular weight excluding hydrogens is 317 g/mol. The smallest absolute Gasteiger partial charge is 0.259 e. The second-order valence-electron chi connectivity index (χ2n) is 6.61. The number of fused-ring (bicyclic) bond motifs is 1. The third-order valence-corrected chi connectivity index (χ3v) is 4.74. The van der Waals surface area contributed by atoms with Crippen LogP contribution in [-0.2, 0) is 6.54 Å². The van der Waals surface area contributed by atoms with E-state index < -0.39 is 0 Å². The summed E-state index contributed by atoms with van der Waals surface area (Å²) < 4.78 is 13.1. The summed E-state index contributed by atoms with van der Waals surface area (Å²) in [4.78, 5) is 22.3. The summed E-state index contributed by atoms with van der Waals surface area (Å²) in [6.07, 6.45) is 3.80. The standard InChI is InChI=1S/C20H20FN3O/c21-16-7-5-15(6-8-16)19-22-18-9-4-14(12-17(18)20(25)23-19)13-24-10-2-1-3-11-24/h4-9,12H,1-3,10-11,13H2,(H,22,23,25). The number of hydrogen-bond donors (Lipinski definition) is 1. The van der Waals surface area contributed by atoms with Crippen LogP contribution >= 0.6 is 0 Å². The third-order valence-electron chi connectivity index (χ3n) is 4.74. The van der Waals surface area contributed by atoms with Gasteiger partial charge in [-0.25, -0.2) is 9.37 Å². The van der Waals surface area contributed by atoms with Crippen molar-refractivity contribution < 1.29 is 4.39 Å². The highest BCUT2D eigenvalue weighted by Crippen LogP contribution is 2.19. The molecule has 1 N–H and O–H groups in total. The molecule has 1 aromatic heterocycles. The number of piperidine rings is 1. The van der Waals surface area contributed by atoms with Crippen molar-refractivity contribution in [2.45, 2.75) is 25.8 Å². The molecule has 0 unspecified atom stereocenters. The Morgan fingerprint density at radius 1 is 1.04 bits per heavy atom. The number of benzene rings is 2. The minimum absolute atomic E-state index is 0.162. The molecule has 1 fully saturated rings. The van der Waals surface area contributed by atoms with E-state index >= 15 is 0 Å². The Labute approximate surface area is 145 Å². The zero-order chi connectivity index (χ0) is 17.2. The van der Waals surface area contributed by atoms with E-state index in [0.717, 1.165) is 25.2 Å². The van der Waals surface area contributed by atoms with Crippen LogP contribution in [0.2, 0.25) is 0 Å². The topological polar surface area (TPSA) is 49.0 Å². The van der Waals surface area contributed by atoms with Crippen molar-refractivity contribution in [2.24, 2.45) is 0 Å². The molecule has 2 aromatic carbocycles. The molecule has 0 bridgehead atoms. The molecule has 0 spiro atoms. The first kappa shape index (κ1) is 16.0. The van der Waals surface area contributed by atoms with E-state index in [2.05, 4.69) is 14.9 Å². The van der Waals surface area contributed by atoms with Gasteiger partial charge in [0.05, 0.1) is 10.9 Å². The monoisotopic (exact) mass is 337 g/mol. The summed E-state index contributed by atoms with van der Waals surface area (Å²) in [6.45, 7) is 3.11. The molecule has 5 heteroatoms. The van der Waals surface area contributed by atoms with Crippen LogP contribution in [0.1, 0.15) is 24.8 Å². The van der Waals surface area contributed by atoms with E-state index in [1.54, 1.807) is 12.1 Å². The maximum absolute atomic E-state index is 13.1. The van der Waals surface area contributed by atoms with Crippen LogP contribution in [0.25, 0.3) is 22.3 Å². The van der Waals surface area contributed by atoms with Gasteiger partial charge in [-0.3, -0.25) is 9.69 Å². The van der Waals surface area contributed by atoms with Crippen molar-refractivity contribution in [1.82, 2.24) is 14.9 Å². The molecule has 0 radical (unpaired) electrons. The number of H-pyrrole nitrogens is 1. The number of nitrogens with zero attached hydrogens (tertiary/aromatic N) is 2. The normalized spacial score (nSPS) is 15.6. The molecule has 3 aromatic rings. The molecule has 1 aliphatic heterocycles. The first-order chi connectivity index (χ1) is 12.2. The number of likely N-dealkylation sites (tertiary alicyclic amines) is 1. The fourth-order valence-electron chi connectivity index (χ4n) is 3.40. The van der Waals surface area contributed by atoms with Gasteiger partial charge < -0.3 is 4.98 Å².